The second-order valence-corrected chi connectivity index (χ2v) is 8.97. The number of rotatable bonds is 20. The van der Waals surface area contributed by atoms with Crippen molar-refractivity contribution in [1.82, 2.24) is 4.72 Å². The molecule has 0 amide bonds. The van der Waals surface area contributed by atoms with E-state index in [1.165, 1.54) is 77.0 Å². The third-order valence-electron chi connectivity index (χ3n) is 4.63. The van der Waals surface area contributed by atoms with Crippen LogP contribution in [0.3, 0.4) is 0 Å². The molecule has 0 rings (SSSR count). The number of allylic oxidation sites excluding steroid dienone is 1. The van der Waals surface area contributed by atoms with E-state index in [4.69, 9.17) is 0 Å². The third kappa shape index (κ3) is 24.2. The number of nitrogens with one attached hydrogen (secondary N) is 1. The number of carbonyl (C=O) groups is 1. The number of carboxylic acid groups (broad SMARTS) is 1. The van der Waals surface area contributed by atoms with Gasteiger partial charge in [0, 0.05) is 24.3 Å². The van der Waals surface area contributed by atoms with Gasteiger partial charge < -0.3 is 9.90 Å². The molecule has 160 valence electrons. The largest absolute Gasteiger partial charge is 1.00 e. The molecule has 0 radical (unpaired) electrons. The molecule has 0 unspecified atom stereocenters. The van der Waals surface area contributed by atoms with Gasteiger partial charge in [0.1, 0.15) is 0 Å². The average molecular weight is 426 g/mol. The van der Waals surface area contributed by atoms with Crippen molar-refractivity contribution in [2.24, 2.45) is 0 Å². The molecule has 0 atom stereocenters. The molecule has 0 heterocycles. The smallest absolute Gasteiger partial charge is 0.550 e. The van der Waals surface area contributed by atoms with Crippen LogP contribution in [0, 0.1) is 0 Å². The van der Waals surface area contributed by atoms with E-state index in [1.54, 1.807) is 6.08 Å². The molecule has 0 fully saturated rings. The van der Waals surface area contributed by atoms with Gasteiger partial charge in [0.05, 0.1) is 0 Å². The van der Waals surface area contributed by atoms with Crippen molar-refractivity contribution < 1.29 is 47.9 Å². The first-order valence-corrected chi connectivity index (χ1v) is 12.4. The standard InChI is InChI=1S/C21H41NO4S.Na/c1-2-3-4-5-6-7-8-9-10-11-12-13-14-15-16-17-20-27(25,26)22-19-18-21(23)24;/h17,20,22H,2-16,18-19H2,1H3,(H,23,24);/q;+1/p-1/b20-17+;. The van der Waals surface area contributed by atoms with Gasteiger partial charge in [-0.15, -0.1) is 0 Å². The Hall–Kier alpha value is 0.120. The molecule has 7 heteroatoms. The number of aliphatic carboxylic acids is 1. The van der Waals surface area contributed by atoms with Crippen LogP contribution in [-0.2, 0) is 14.8 Å². The van der Waals surface area contributed by atoms with E-state index in [9.17, 15) is 18.3 Å². The molecule has 0 saturated carbocycles. The van der Waals surface area contributed by atoms with Gasteiger partial charge in [0.25, 0.3) is 0 Å². The van der Waals surface area contributed by atoms with E-state index in [0.717, 1.165) is 24.7 Å². The fourth-order valence-electron chi connectivity index (χ4n) is 2.99. The van der Waals surface area contributed by atoms with Crippen LogP contribution >= 0.6 is 0 Å². The van der Waals surface area contributed by atoms with Crippen LogP contribution in [0.25, 0.3) is 0 Å². The summed E-state index contributed by atoms with van der Waals surface area (Å²) in [6.45, 7) is 2.12. The number of sulfonamides is 1. The van der Waals surface area contributed by atoms with Crippen LogP contribution in [0.4, 0.5) is 0 Å². The average Bonchev–Trinajstić information content (AvgIpc) is 2.60. The first-order valence-electron chi connectivity index (χ1n) is 10.8. The van der Waals surface area contributed by atoms with E-state index in [2.05, 4.69) is 11.6 Å². The Morgan fingerprint density at radius 2 is 1.25 bits per heavy atom. The molecule has 0 aliphatic rings. The van der Waals surface area contributed by atoms with Crippen LogP contribution in [0.1, 0.15) is 110 Å². The maximum atomic E-state index is 11.5. The van der Waals surface area contributed by atoms with Gasteiger partial charge in [-0.1, -0.05) is 96.5 Å². The molecule has 0 aromatic heterocycles. The Kier molecular flexibility index (Phi) is 23.6. The maximum absolute atomic E-state index is 11.5. The summed E-state index contributed by atoms with van der Waals surface area (Å²) in [5, 5.41) is 11.4. The number of carboxylic acids is 1. The molecule has 0 aliphatic heterocycles. The summed E-state index contributed by atoms with van der Waals surface area (Å²) >= 11 is 0. The summed E-state index contributed by atoms with van der Waals surface area (Å²) in [6.07, 6.45) is 20.3. The Morgan fingerprint density at radius 1 is 0.821 bits per heavy atom. The van der Waals surface area contributed by atoms with Crippen molar-refractivity contribution in [2.75, 3.05) is 6.54 Å². The molecule has 0 aromatic carbocycles. The number of hydrogen-bond donors (Lipinski definition) is 1. The quantitative estimate of drug-likeness (QED) is 0.236. The van der Waals surface area contributed by atoms with E-state index in [0.29, 0.717) is 0 Å². The van der Waals surface area contributed by atoms with Gasteiger partial charge in [-0.2, -0.15) is 0 Å². The fourth-order valence-corrected chi connectivity index (χ4v) is 3.87. The summed E-state index contributed by atoms with van der Waals surface area (Å²) in [5.41, 5.74) is 0. The normalized spacial score (nSPS) is 11.6. The zero-order valence-electron chi connectivity index (χ0n) is 18.2. The summed E-state index contributed by atoms with van der Waals surface area (Å²) in [5.74, 6) is -1.26. The van der Waals surface area contributed by atoms with Gasteiger partial charge >= 0.3 is 29.6 Å². The molecule has 1 N–H and O–H groups in total. The van der Waals surface area contributed by atoms with E-state index in [1.807, 2.05) is 0 Å². The van der Waals surface area contributed by atoms with Crippen LogP contribution in [0.15, 0.2) is 11.5 Å². The molecule has 0 saturated heterocycles. The number of unbranched alkanes of at least 4 members (excludes halogenated alkanes) is 14. The Morgan fingerprint density at radius 3 is 1.68 bits per heavy atom. The van der Waals surface area contributed by atoms with Crippen LogP contribution in [0.2, 0.25) is 0 Å². The summed E-state index contributed by atoms with van der Waals surface area (Å²) in [7, 11) is -3.52. The van der Waals surface area contributed by atoms with Gasteiger partial charge in [0.2, 0.25) is 10.0 Å². The Labute approximate surface area is 195 Å². The number of hydrogen-bond acceptors (Lipinski definition) is 4. The van der Waals surface area contributed by atoms with Crippen molar-refractivity contribution >= 4 is 16.0 Å². The van der Waals surface area contributed by atoms with Crippen molar-refractivity contribution in [3.05, 3.63) is 11.5 Å². The molecule has 0 spiro atoms. The van der Waals surface area contributed by atoms with Crippen molar-refractivity contribution in [2.45, 2.75) is 110 Å². The van der Waals surface area contributed by atoms with Crippen molar-refractivity contribution in [3.8, 4) is 0 Å². The first-order chi connectivity index (χ1) is 13.0. The Balaban J connectivity index is 0. The molecule has 0 aliphatic carbocycles. The zero-order valence-corrected chi connectivity index (χ0v) is 21.0. The first kappa shape index (κ1) is 30.3. The van der Waals surface area contributed by atoms with E-state index < -0.39 is 16.0 Å². The minimum Gasteiger partial charge on any atom is -0.550 e. The second-order valence-electron chi connectivity index (χ2n) is 7.32. The monoisotopic (exact) mass is 425 g/mol. The molecular formula is C21H40NNaO4S. The van der Waals surface area contributed by atoms with Gasteiger partial charge in [-0.05, 0) is 12.8 Å². The topological polar surface area (TPSA) is 86.3 Å². The van der Waals surface area contributed by atoms with Gasteiger partial charge in [-0.25, -0.2) is 13.1 Å². The summed E-state index contributed by atoms with van der Waals surface area (Å²) in [4.78, 5) is 10.2. The molecule has 0 bridgehead atoms. The minimum atomic E-state index is -3.52. The second kappa shape index (κ2) is 21.8. The van der Waals surface area contributed by atoms with Crippen LogP contribution in [0.5, 0.6) is 0 Å². The van der Waals surface area contributed by atoms with E-state index in [-0.39, 0.29) is 42.5 Å². The summed E-state index contributed by atoms with van der Waals surface area (Å²) in [6, 6.07) is 0. The minimum absolute atomic E-state index is 0. The number of carbonyl (C=O) groups excluding carboxylic acids is 1. The predicted octanol–water partition coefficient (Wildman–Crippen LogP) is 1.43. The molecule has 5 nitrogen and oxygen atoms in total. The predicted molar refractivity (Wildman–Crippen MR) is 111 cm³/mol. The van der Waals surface area contributed by atoms with Crippen molar-refractivity contribution in [3.63, 3.8) is 0 Å². The Bertz CT molecular complexity index is 481. The van der Waals surface area contributed by atoms with E-state index >= 15 is 0 Å². The maximum Gasteiger partial charge on any atom is 1.00 e. The SMILES string of the molecule is CCCCCCCCCCCCCCCC/C=C/S(=O)(=O)NCCC(=O)[O-].[Na+]. The van der Waals surface area contributed by atoms with Crippen molar-refractivity contribution in [1.29, 1.82) is 0 Å². The van der Waals surface area contributed by atoms with Crippen LogP contribution in [-0.4, -0.2) is 20.9 Å². The summed E-state index contributed by atoms with van der Waals surface area (Å²) < 4.78 is 25.3. The molecule has 0 aromatic rings. The van der Waals surface area contributed by atoms with Crippen LogP contribution < -0.4 is 39.4 Å². The molecular weight excluding hydrogens is 385 g/mol. The zero-order chi connectivity index (χ0) is 20.2. The van der Waals surface area contributed by atoms with Gasteiger partial charge in [-0.3, -0.25) is 0 Å². The third-order valence-corrected chi connectivity index (χ3v) is 5.79. The fraction of sp³-hybridized carbons (Fsp3) is 0.857. The van der Waals surface area contributed by atoms with Gasteiger partial charge in [0.15, 0.2) is 0 Å². The molecule has 28 heavy (non-hydrogen) atoms.